The van der Waals surface area contributed by atoms with Gasteiger partial charge in [-0.3, -0.25) is 0 Å². The maximum atomic E-state index is 11.5. The number of alkyl carbamates (subject to hydrolysis) is 1. The molecule has 0 aromatic heterocycles. The summed E-state index contributed by atoms with van der Waals surface area (Å²) in [7, 11) is 0. The standard InChI is InChI=1S/C11H19NO3/c1-8-9(6-5-7-14-8)12-10(13)15-11(2,3)4/h5,7-9H,6H2,1-4H3,(H,12,13)/t8-,9+/m0/s1. The van der Waals surface area contributed by atoms with Gasteiger partial charge in [-0.25, -0.2) is 4.79 Å². The summed E-state index contributed by atoms with van der Waals surface area (Å²) in [5.41, 5.74) is -0.460. The summed E-state index contributed by atoms with van der Waals surface area (Å²) in [6.45, 7) is 7.44. The van der Waals surface area contributed by atoms with Crippen LogP contribution >= 0.6 is 0 Å². The Bertz CT molecular complexity index is 255. The minimum atomic E-state index is -0.460. The van der Waals surface area contributed by atoms with Crippen LogP contribution in [0.25, 0.3) is 0 Å². The Morgan fingerprint density at radius 3 is 2.73 bits per heavy atom. The Morgan fingerprint density at radius 1 is 1.53 bits per heavy atom. The summed E-state index contributed by atoms with van der Waals surface area (Å²) < 4.78 is 10.4. The quantitative estimate of drug-likeness (QED) is 0.726. The summed E-state index contributed by atoms with van der Waals surface area (Å²) in [6.07, 6.45) is 3.93. The third kappa shape index (κ3) is 4.23. The number of ether oxygens (including phenoxy) is 2. The molecular formula is C11H19NO3. The van der Waals surface area contributed by atoms with E-state index in [4.69, 9.17) is 9.47 Å². The largest absolute Gasteiger partial charge is 0.497 e. The minimum Gasteiger partial charge on any atom is -0.497 e. The van der Waals surface area contributed by atoms with Crippen LogP contribution in [0.1, 0.15) is 34.1 Å². The van der Waals surface area contributed by atoms with Crippen molar-refractivity contribution in [1.82, 2.24) is 5.32 Å². The maximum absolute atomic E-state index is 11.5. The predicted octanol–water partition coefficient (Wildman–Crippen LogP) is 2.20. The van der Waals surface area contributed by atoms with Crippen LogP contribution in [0.5, 0.6) is 0 Å². The number of carbonyl (C=O) groups excluding carboxylic acids is 1. The van der Waals surface area contributed by atoms with E-state index in [1.807, 2.05) is 33.8 Å². The first kappa shape index (κ1) is 11.9. The van der Waals surface area contributed by atoms with Crippen molar-refractivity contribution in [2.45, 2.75) is 51.9 Å². The Balaban J connectivity index is 2.41. The molecule has 0 aromatic rings. The van der Waals surface area contributed by atoms with E-state index in [1.54, 1.807) is 6.26 Å². The summed E-state index contributed by atoms with van der Waals surface area (Å²) in [5, 5.41) is 2.79. The molecule has 0 aliphatic carbocycles. The second-order valence-corrected chi connectivity index (χ2v) is 4.70. The molecule has 0 saturated heterocycles. The van der Waals surface area contributed by atoms with E-state index in [0.29, 0.717) is 0 Å². The van der Waals surface area contributed by atoms with E-state index in [-0.39, 0.29) is 12.1 Å². The third-order valence-corrected chi connectivity index (χ3v) is 2.05. The van der Waals surface area contributed by atoms with Crippen LogP contribution in [-0.2, 0) is 9.47 Å². The van der Waals surface area contributed by atoms with Crippen LogP contribution in [0.15, 0.2) is 12.3 Å². The Hall–Kier alpha value is -1.19. The molecule has 0 unspecified atom stereocenters. The highest BCUT2D eigenvalue weighted by Gasteiger charge is 2.24. The van der Waals surface area contributed by atoms with Crippen molar-refractivity contribution in [3.8, 4) is 0 Å². The molecule has 0 radical (unpaired) electrons. The fourth-order valence-corrected chi connectivity index (χ4v) is 1.30. The average molecular weight is 213 g/mol. The van der Waals surface area contributed by atoms with Gasteiger partial charge in [-0.1, -0.05) is 0 Å². The summed E-state index contributed by atoms with van der Waals surface area (Å²) in [6, 6.07) is -0.00940. The number of hydrogen-bond donors (Lipinski definition) is 1. The van der Waals surface area contributed by atoms with Crippen LogP contribution in [0.2, 0.25) is 0 Å². The molecule has 15 heavy (non-hydrogen) atoms. The summed E-state index contributed by atoms with van der Waals surface area (Å²) >= 11 is 0. The van der Waals surface area contributed by atoms with E-state index in [9.17, 15) is 4.79 Å². The average Bonchev–Trinajstić information content (AvgIpc) is 2.05. The molecule has 4 nitrogen and oxygen atoms in total. The van der Waals surface area contributed by atoms with Crippen molar-refractivity contribution in [3.63, 3.8) is 0 Å². The first-order chi connectivity index (χ1) is 6.88. The first-order valence-corrected chi connectivity index (χ1v) is 5.18. The minimum absolute atomic E-state index is 0.00940. The zero-order valence-electron chi connectivity index (χ0n) is 9.74. The second kappa shape index (κ2) is 4.55. The number of hydrogen-bond acceptors (Lipinski definition) is 3. The number of rotatable bonds is 1. The number of carbonyl (C=O) groups is 1. The SMILES string of the molecule is C[C@@H]1OC=CC[C@H]1NC(=O)OC(C)(C)C. The molecule has 0 spiro atoms. The molecule has 1 aliphatic heterocycles. The lowest BCUT2D eigenvalue weighted by molar-refractivity contribution is 0.0403. The van der Waals surface area contributed by atoms with Gasteiger partial charge in [-0.15, -0.1) is 0 Å². The highest BCUT2D eigenvalue weighted by molar-refractivity contribution is 5.68. The Labute approximate surface area is 90.6 Å². The van der Waals surface area contributed by atoms with Gasteiger partial charge in [0.2, 0.25) is 0 Å². The number of amides is 1. The predicted molar refractivity (Wildman–Crippen MR) is 57.5 cm³/mol. The summed E-state index contributed by atoms with van der Waals surface area (Å²) in [4.78, 5) is 11.5. The van der Waals surface area contributed by atoms with Crippen LogP contribution in [0, 0.1) is 0 Å². The molecule has 0 saturated carbocycles. The topological polar surface area (TPSA) is 47.6 Å². The fraction of sp³-hybridized carbons (Fsp3) is 0.727. The van der Waals surface area contributed by atoms with Crippen LogP contribution in [0.4, 0.5) is 4.79 Å². The molecular weight excluding hydrogens is 194 g/mol. The lowest BCUT2D eigenvalue weighted by atomic mass is 10.1. The molecule has 0 bridgehead atoms. The van der Waals surface area contributed by atoms with Crippen molar-refractivity contribution in [2.75, 3.05) is 0 Å². The van der Waals surface area contributed by atoms with Crippen molar-refractivity contribution in [1.29, 1.82) is 0 Å². The third-order valence-electron chi connectivity index (χ3n) is 2.05. The van der Waals surface area contributed by atoms with Crippen LogP contribution < -0.4 is 5.32 Å². The van der Waals surface area contributed by atoms with E-state index in [0.717, 1.165) is 6.42 Å². The lowest BCUT2D eigenvalue weighted by Crippen LogP contribution is -2.45. The van der Waals surface area contributed by atoms with E-state index < -0.39 is 11.7 Å². The maximum Gasteiger partial charge on any atom is 0.408 e. The van der Waals surface area contributed by atoms with Gasteiger partial charge < -0.3 is 14.8 Å². The normalized spacial score (nSPS) is 25.6. The van der Waals surface area contributed by atoms with Gasteiger partial charge in [0.1, 0.15) is 11.7 Å². The van der Waals surface area contributed by atoms with Gasteiger partial charge >= 0.3 is 6.09 Å². The molecule has 2 atom stereocenters. The fourth-order valence-electron chi connectivity index (χ4n) is 1.30. The van der Waals surface area contributed by atoms with Crippen molar-refractivity contribution < 1.29 is 14.3 Å². The van der Waals surface area contributed by atoms with Gasteiger partial charge in [0.05, 0.1) is 12.3 Å². The van der Waals surface area contributed by atoms with Gasteiger partial charge in [0, 0.05) is 0 Å². The van der Waals surface area contributed by atoms with Gasteiger partial charge in [0.25, 0.3) is 0 Å². The van der Waals surface area contributed by atoms with Crippen molar-refractivity contribution in [3.05, 3.63) is 12.3 Å². The highest BCUT2D eigenvalue weighted by Crippen LogP contribution is 2.12. The van der Waals surface area contributed by atoms with E-state index in [1.165, 1.54) is 0 Å². The van der Waals surface area contributed by atoms with Gasteiger partial charge in [-0.2, -0.15) is 0 Å². The molecule has 86 valence electrons. The molecule has 1 amide bonds. The second-order valence-electron chi connectivity index (χ2n) is 4.70. The lowest BCUT2D eigenvalue weighted by Gasteiger charge is -2.28. The van der Waals surface area contributed by atoms with Crippen LogP contribution in [0.3, 0.4) is 0 Å². The number of nitrogens with one attached hydrogen (secondary N) is 1. The highest BCUT2D eigenvalue weighted by atomic mass is 16.6. The molecule has 1 N–H and O–H groups in total. The zero-order valence-corrected chi connectivity index (χ0v) is 9.74. The molecule has 1 rings (SSSR count). The van der Waals surface area contributed by atoms with Crippen molar-refractivity contribution in [2.24, 2.45) is 0 Å². The molecule has 0 fully saturated rings. The Morgan fingerprint density at radius 2 is 2.20 bits per heavy atom. The van der Waals surface area contributed by atoms with Crippen molar-refractivity contribution >= 4 is 6.09 Å². The molecule has 4 heteroatoms. The van der Waals surface area contributed by atoms with E-state index >= 15 is 0 Å². The molecule has 1 heterocycles. The summed E-state index contributed by atoms with van der Waals surface area (Å²) in [5.74, 6) is 0. The molecule has 0 aromatic carbocycles. The van der Waals surface area contributed by atoms with Gasteiger partial charge in [0.15, 0.2) is 0 Å². The van der Waals surface area contributed by atoms with E-state index in [2.05, 4.69) is 5.32 Å². The zero-order chi connectivity index (χ0) is 11.5. The monoisotopic (exact) mass is 213 g/mol. The Kier molecular flexibility index (Phi) is 3.61. The first-order valence-electron chi connectivity index (χ1n) is 5.18. The molecule has 1 aliphatic rings. The smallest absolute Gasteiger partial charge is 0.408 e. The van der Waals surface area contributed by atoms with Gasteiger partial charge in [-0.05, 0) is 40.2 Å². The van der Waals surface area contributed by atoms with Crippen LogP contribution in [-0.4, -0.2) is 23.8 Å².